The third-order valence-electron chi connectivity index (χ3n) is 3.80. The fraction of sp³-hybridized carbons (Fsp3) is 0.846. The van der Waals surface area contributed by atoms with Crippen LogP contribution in [0, 0.1) is 0 Å². The minimum absolute atomic E-state index is 0. The molecule has 2 fully saturated rings. The standard InChI is InChI=1S/C13H23N3O3.ClH/c14-12(17)8-11-3-1-2-5-16(11)13(18)7-10-9-19-6-4-15-10;/h10-11,15H,1-9H2,(H2,14,17);1H. The fourth-order valence-corrected chi connectivity index (χ4v) is 2.85. The summed E-state index contributed by atoms with van der Waals surface area (Å²) in [4.78, 5) is 25.3. The third kappa shape index (κ3) is 4.92. The van der Waals surface area contributed by atoms with E-state index < -0.39 is 0 Å². The van der Waals surface area contributed by atoms with Gasteiger partial charge in [0.05, 0.1) is 13.2 Å². The van der Waals surface area contributed by atoms with E-state index in [1.807, 2.05) is 4.90 Å². The lowest BCUT2D eigenvalue weighted by Gasteiger charge is -2.36. The number of hydrogen-bond acceptors (Lipinski definition) is 4. The second-order valence-electron chi connectivity index (χ2n) is 5.34. The predicted octanol–water partition coefficient (Wildman–Crippen LogP) is 0.0432. The molecule has 116 valence electrons. The topological polar surface area (TPSA) is 84.7 Å². The van der Waals surface area contributed by atoms with Crippen LogP contribution in [0.1, 0.15) is 32.1 Å². The number of amides is 2. The molecular weight excluding hydrogens is 282 g/mol. The van der Waals surface area contributed by atoms with Gasteiger partial charge in [-0.2, -0.15) is 0 Å². The number of primary amides is 1. The largest absolute Gasteiger partial charge is 0.378 e. The van der Waals surface area contributed by atoms with E-state index in [-0.39, 0.29) is 42.7 Å². The number of ether oxygens (including phenoxy) is 1. The molecule has 3 N–H and O–H groups in total. The Balaban J connectivity index is 0.00000200. The summed E-state index contributed by atoms with van der Waals surface area (Å²) in [6.07, 6.45) is 3.67. The molecule has 0 bridgehead atoms. The first-order valence-electron chi connectivity index (χ1n) is 7.05. The van der Waals surface area contributed by atoms with Crippen LogP contribution in [0.3, 0.4) is 0 Å². The van der Waals surface area contributed by atoms with E-state index in [2.05, 4.69) is 5.32 Å². The molecule has 2 saturated heterocycles. The van der Waals surface area contributed by atoms with E-state index in [1.54, 1.807) is 0 Å². The van der Waals surface area contributed by atoms with E-state index in [9.17, 15) is 9.59 Å². The zero-order valence-electron chi connectivity index (χ0n) is 11.7. The van der Waals surface area contributed by atoms with Gasteiger partial charge in [-0.15, -0.1) is 12.4 Å². The van der Waals surface area contributed by atoms with E-state index in [4.69, 9.17) is 10.5 Å². The highest BCUT2D eigenvalue weighted by Crippen LogP contribution is 2.21. The molecule has 2 heterocycles. The normalized spacial score (nSPS) is 26.7. The minimum atomic E-state index is -0.330. The van der Waals surface area contributed by atoms with Crippen molar-refractivity contribution in [2.24, 2.45) is 5.73 Å². The Morgan fingerprint density at radius 3 is 2.75 bits per heavy atom. The molecule has 6 nitrogen and oxygen atoms in total. The van der Waals surface area contributed by atoms with Crippen LogP contribution in [0.15, 0.2) is 0 Å². The Morgan fingerprint density at radius 1 is 1.30 bits per heavy atom. The Labute approximate surface area is 125 Å². The van der Waals surface area contributed by atoms with Crippen LogP contribution in [0.2, 0.25) is 0 Å². The first-order valence-corrected chi connectivity index (χ1v) is 7.05. The van der Waals surface area contributed by atoms with Crippen LogP contribution in [-0.2, 0) is 14.3 Å². The second kappa shape index (κ2) is 8.44. The molecule has 0 aromatic rings. The minimum Gasteiger partial charge on any atom is -0.378 e. The summed E-state index contributed by atoms with van der Waals surface area (Å²) in [5.74, 6) is -0.224. The number of nitrogens with one attached hydrogen (secondary N) is 1. The van der Waals surface area contributed by atoms with Gasteiger partial charge in [-0.3, -0.25) is 9.59 Å². The Hall–Kier alpha value is -0.850. The van der Waals surface area contributed by atoms with Gasteiger partial charge >= 0.3 is 0 Å². The summed E-state index contributed by atoms with van der Waals surface area (Å²) in [5, 5.41) is 3.28. The van der Waals surface area contributed by atoms with Crippen LogP contribution in [0.5, 0.6) is 0 Å². The van der Waals surface area contributed by atoms with Crippen molar-refractivity contribution >= 4 is 24.2 Å². The summed E-state index contributed by atoms with van der Waals surface area (Å²) in [5.41, 5.74) is 5.26. The molecule has 0 aliphatic carbocycles. The molecule has 0 spiro atoms. The monoisotopic (exact) mass is 305 g/mol. The van der Waals surface area contributed by atoms with Crippen molar-refractivity contribution in [3.05, 3.63) is 0 Å². The number of halogens is 1. The second-order valence-corrected chi connectivity index (χ2v) is 5.34. The number of carbonyl (C=O) groups excluding carboxylic acids is 2. The van der Waals surface area contributed by atoms with Gasteiger partial charge in [-0.05, 0) is 19.3 Å². The maximum atomic E-state index is 12.3. The number of likely N-dealkylation sites (tertiary alicyclic amines) is 1. The predicted molar refractivity (Wildman–Crippen MR) is 77.6 cm³/mol. The van der Waals surface area contributed by atoms with Crippen molar-refractivity contribution in [1.29, 1.82) is 0 Å². The molecular formula is C13H24ClN3O3. The van der Waals surface area contributed by atoms with Gasteiger partial charge in [0.25, 0.3) is 0 Å². The molecule has 2 unspecified atom stereocenters. The number of hydrogen-bond donors (Lipinski definition) is 2. The molecule has 0 saturated carbocycles. The van der Waals surface area contributed by atoms with Crippen LogP contribution >= 0.6 is 12.4 Å². The summed E-state index contributed by atoms with van der Waals surface area (Å²) in [7, 11) is 0. The van der Waals surface area contributed by atoms with Gasteiger partial charge in [0.15, 0.2) is 0 Å². The lowest BCUT2D eigenvalue weighted by atomic mass is 9.98. The molecule has 7 heteroatoms. The highest BCUT2D eigenvalue weighted by atomic mass is 35.5. The van der Waals surface area contributed by atoms with Crippen LogP contribution in [-0.4, -0.2) is 55.1 Å². The van der Waals surface area contributed by atoms with E-state index in [0.29, 0.717) is 19.6 Å². The quantitative estimate of drug-likeness (QED) is 0.768. The van der Waals surface area contributed by atoms with Gasteiger partial charge in [-0.25, -0.2) is 0 Å². The Kier molecular flexibility index (Phi) is 7.26. The van der Waals surface area contributed by atoms with Crippen LogP contribution < -0.4 is 11.1 Å². The van der Waals surface area contributed by atoms with Gasteiger partial charge in [0.1, 0.15) is 0 Å². The average molecular weight is 306 g/mol. The lowest BCUT2D eigenvalue weighted by molar-refractivity contribution is -0.137. The number of nitrogens with zero attached hydrogens (tertiary/aromatic N) is 1. The Morgan fingerprint density at radius 2 is 2.10 bits per heavy atom. The summed E-state index contributed by atoms with van der Waals surface area (Å²) in [6.45, 7) is 2.83. The van der Waals surface area contributed by atoms with E-state index >= 15 is 0 Å². The summed E-state index contributed by atoms with van der Waals surface area (Å²) >= 11 is 0. The Bertz CT molecular complexity index is 335. The van der Waals surface area contributed by atoms with Crippen molar-refractivity contribution in [3.8, 4) is 0 Å². The van der Waals surface area contributed by atoms with Crippen molar-refractivity contribution in [2.45, 2.75) is 44.2 Å². The first-order chi connectivity index (χ1) is 9.16. The van der Waals surface area contributed by atoms with E-state index in [0.717, 1.165) is 32.4 Å². The summed E-state index contributed by atoms with van der Waals surface area (Å²) < 4.78 is 5.35. The first kappa shape index (κ1) is 17.2. The van der Waals surface area contributed by atoms with Crippen molar-refractivity contribution < 1.29 is 14.3 Å². The smallest absolute Gasteiger partial charge is 0.224 e. The van der Waals surface area contributed by atoms with Gasteiger partial charge in [-0.1, -0.05) is 0 Å². The molecule has 0 aromatic carbocycles. The number of nitrogens with two attached hydrogens (primary N) is 1. The van der Waals surface area contributed by atoms with Crippen molar-refractivity contribution in [2.75, 3.05) is 26.3 Å². The van der Waals surface area contributed by atoms with Crippen LogP contribution in [0.25, 0.3) is 0 Å². The number of morpholine rings is 1. The number of piperidine rings is 1. The zero-order valence-corrected chi connectivity index (χ0v) is 12.5. The molecule has 20 heavy (non-hydrogen) atoms. The molecule has 0 aromatic heterocycles. The maximum absolute atomic E-state index is 12.3. The molecule has 2 rings (SSSR count). The molecule has 2 amide bonds. The fourth-order valence-electron chi connectivity index (χ4n) is 2.85. The molecule has 0 radical (unpaired) electrons. The van der Waals surface area contributed by atoms with E-state index in [1.165, 1.54) is 0 Å². The average Bonchev–Trinajstić information content (AvgIpc) is 2.39. The van der Waals surface area contributed by atoms with Gasteiger partial charge < -0.3 is 20.7 Å². The summed E-state index contributed by atoms with van der Waals surface area (Å²) in [6, 6.07) is 0.0839. The van der Waals surface area contributed by atoms with Crippen molar-refractivity contribution in [3.63, 3.8) is 0 Å². The molecule has 2 aliphatic rings. The lowest BCUT2D eigenvalue weighted by Crippen LogP contribution is -2.49. The number of rotatable bonds is 4. The maximum Gasteiger partial charge on any atom is 0.224 e. The van der Waals surface area contributed by atoms with Crippen LogP contribution in [0.4, 0.5) is 0 Å². The highest BCUT2D eigenvalue weighted by molar-refractivity contribution is 5.85. The molecule has 2 aliphatic heterocycles. The zero-order chi connectivity index (χ0) is 13.7. The van der Waals surface area contributed by atoms with Gasteiger partial charge in [0.2, 0.25) is 11.8 Å². The number of carbonyl (C=O) groups is 2. The van der Waals surface area contributed by atoms with Gasteiger partial charge in [0, 0.05) is 38.0 Å². The molecule has 2 atom stereocenters. The SMILES string of the molecule is Cl.NC(=O)CC1CCCCN1C(=O)CC1COCCN1. The van der Waals surface area contributed by atoms with Crippen molar-refractivity contribution in [1.82, 2.24) is 10.2 Å². The highest BCUT2D eigenvalue weighted by Gasteiger charge is 2.29. The third-order valence-corrected chi connectivity index (χ3v) is 3.80.